The van der Waals surface area contributed by atoms with Crippen LogP contribution in [0.4, 0.5) is 5.69 Å². The van der Waals surface area contributed by atoms with Gasteiger partial charge in [0.2, 0.25) is 10.9 Å². The largest absolute Gasteiger partial charge is 0.497 e. The van der Waals surface area contributed by atoms with Crippen LogP contribution in [0.25, 0.3) is 11.5 Å². The Kier molecular flexibility index (Phi) is 4.06. The first-order chi connectivity index (χ1) is 11.4. The minimum atomic E-state index is -3.85. The van der Waals surface area contributed by atoms with Crippen LogP contribution in [-0.4, -0.2) is 20.7 Å². The molecule has 3 aromatic rings. The van der Waals surface area contributed by atoms with Crippen LogP contribution in [0.1, 0.15) is 11.3 Å². The fourth-order valence-corrected chi connectivity index (χ4v) is 3.09. The van der Waals surface area contributed by atoms with Crippen LogP contribution in [0, 0.1) is 13.8 Å². The van der Waals surface area contributed by atoms with Crippen LogP contribution in [-0.2, 0) is 10.0 Å². The molecular weight excluding hydrogens is 332 g/mol. The predicted octanol–water partition coefficient (Wildman–Crippen LogP) is 3.36. The molecule has 0 spiro atoms. The van der Waals surface area contributed by atoms with Gasteiger partial charge in [0.25, 0.3) is 10.0 Å². The van der Waals surface area contributed by atoms with Crippen LogP contribution in [0.15, 0.2) is 50.4 Å². The second kappa shape index (κ2) is 6.04. The van der Waals surface area contributed by atoms with Crippen molar-refractivity contribution in [3.8, 4) is 17.3 Å². The van der Waals surface area contributed by atoms with E-state index in [-0.39, 0.29) is 5.09 Å². The highest BCUT2D eigenvalue weighted by atomic mass is 32.2. The molecule has 7 nitrogen and oxygen atoms in total. The molecule has 126 valence electrons. The van der Waals surface area contributed by atoms with Crippen LogP contribution >= 0.6 is 0 Å². The van der Waals surface area contributed by atoms with E-state index < -0.39 is 10.0 Å². The molecule has 0 saturated carbocycles. The highest BCUT2D eigenvalue weighted by molar-refractivity contribution is 7.92. The zero-order chi connectivity index (χ0) is 17.3. The summed E-state index contributed by atoms with van der Waals surface area (Å²) in [6.07, 6.45) is 0. The smallest absolute Gasteiger partial charge is 0.295 e. The summed E-state index contributed by atoms with van der Waals surface area (Å²) in [6.45, 7) is 3.63. The van der Waals surface area contributed by atoms with E-state index in [1.807, 2.05) is 6.92 Å². The summed E-state index contributed by atoms with van der Waals surface area (Å²) in [4.78, 5) is 0. The van der Waals surface area contributed by atoms with E-state index >= 15 is 0 Å². The van der Waals surface area contributed by atoms with Crippen molar-refractivity contribution in [3.05, 3.63) is 47.7 Å². The Morgan fingerprint density at radius 1 is 1.08 bits per heavy atom. The predicted molar refractivity (Wildman–Crippen MR) is 87.5 cm³/mol. The van der Waals surface area contributed by atoms with Crippen LogP contribution in [0.3, 0.4) is 0 Å². The number of ether oxygens (including phenoxy) is 1. The van der Waals surface area contributed by atoms with Gasteiger partial charge in [0.05, 0.1) is 12.8 Å². The van der Waals surface area contributed by atoms with E-state index in [0.717, 1.165) is 11.3 Å². The molecule has 1 aromatic carbocycles. The van der Waals surface area contributed by atoms with Crippen molar-refractivity contribution in [1.82, 2.24) is 5.16 Å². The first kappa shape index (κ1) is 16.1. The number of hydrogen-bond donors (Lipinski definition) is 1. The molecule has 3 rings (SSSR count). The number of anilines is 1. The molecule has 0 saturated heterocycles. The number of aromatic nitrogens is 1. The maximum Gasteiger partial charge on any atom is 0.295 e. The van der Waals surface area contributed by atoms with E-state index in [1.54, 1.807) is 31.2 Å². The molecular formula is C16H16N2O5S. The fourth-order valence-electron chi connectivity index (χ4n) is 2.10. The molecule has 2 aromatic heterocycles. The van der Waals surface area contributed by atoms with Crippen molar-refractivity contribution in [2.75, 3.05) is 11.8 Å². The van der Waals surface area contributed by atoms with Gasteiger partial charge in [-0.15, -0.1) is 0 Å². The topological polar surface area (TPSA) is 94.6 Å². The molecule has 0 atom stereocenters. The summed E-state index contributed by atoms with van der Waals surface area (Å²) >= 11 is 0. The van der Waals surface area contributed by atoms with Gasteiger partial charge in [-0.25, -0.2) is 0 Å². The Bertz CT molecular complexity index is 955. The van der Waals surface area contributed by atoms with Gasteiger partial charge in [0.1, 0.15) is 5.75 Å². The molecule has 8 heteroatoms. The number of furan rings is 1. The van der Waals surface area contributed by atoms with Crippen molar-refractivity contribution in [2.45, 2.75) is 18.9 Å². The molecule has 0 aliphatic carbocycles. The average molecular weight is 348 g/mol. The maximum absolute atomic E-state index is 12.4. The molecule has 0 fully saturated rings. The summed E-state index contributed by atoms with van der Waals surface area (Å²) in [5.74, 6) is 1.36. The molecule has 0 aliphatic heterocycles. The van der Waals surface area contributed by atoms with E-state index in [4.69, 9.17) is 13.7 Å². The highest BCUT2D eigenvalue weighted by Gasteiger charge is 2.22. The van der Waals surface area contributed by atoms with Gasteiger partial charge in [-0.1, -0.05) is 5.16 Å². The summed E-state index contributed by atoms with van der Waals surface area (Å²) in [6, 6.07) is 9.43. The lowest BCUT2D eigenvalue weighted by Gasteiger charge is -2.06. The Balaban J connectivity index is 1.86. The molecule has 24 heavy (non-hydrogen) atoms. The number of hydrogen-bond acceptors (Lipinski definition) is 6. The van der Waals surface area contributed by atoms with Gasteiger partial charge in [0, 0.05) is 11.3 Å². The van der Waals surface area contributed by atoms with Crippen molar-refractivity contribution in [1.29, 1.82) is 0 Å². The normalized spacial score (nSPS) is 11.5. The third-order valence-electron chi connectivity index (χ3n) is 3.57. The Labute approximate surface area is 139 Å². The molecule has 2 heterocycles. The van der Waals surface area contributed by atoms with Crippen LogP contribution in [0.2, 0.25) is 0 Å². The third kappa shape index (κ3) is 3.00. The van der Waals surface area contributed by atoms with Gasteiger partial charge in [-0.2, -0.15) is 8.42 Å². The second-order valence-electron chi connectivity index (χ2n) is 5.17. The van der Waals surface area contributed by atoms with Gasteiger partial charge < -0.3 is 13.7 Å². The minimum absolute atomic E-state index is 0.207. The van der Waals surface area contributed by atoms with E-state index in [1.165, 1.54) is 19.2 Å². The standard InChI is InChI=1S/C16H16N2O5S/c1-10-11(2)17-23-16(10)14-8-9-15(22-14)24(19,20)18-12-4-6-13(21-3)7-5-12/h4-9,18H,1-3H3. The van der Waals surface area contributed by atoms with E-state index in [9.17, 15) is 8.42 Å². The lowest BCUT2D eigenvalue weighted by molar-refractivity contribution is 0.398. The molecule has 0 bridgehead atoms. The quantitative estimate of drug-likeness (QED) is 0.760. The van der Waals surface area contributed by atoms with Gasteiger partial charge >= 0.3 is 0 Å². The maximum atomic E-state index is 12.4. The summed E-state index contributed by atoms with van der Waals surface area (Å²) < 4.78 is 42.9. The van der Waals surface area contributed by atoms with Crippen LogP contribution in [0.5, 0.6) is 5.75 Å². The Morgan fingerprint density at radius 2 is 1.79 bits per heavy atom. The van der Waals surface area contributed by atoms with Crippen molar-refractivity contribution in [2.24, 2.45) is 0 Å². The van der Waals surface area contributed by atoms with Crippen molar-refractivity contribution < 1.29 is 22.1 Å². The van der Waals surface area contributed by atoms with E-state index in [0.29, 0.717) is 23.0 Å². The molecule has 0 amide bonds. The third-order valence-corrected chi connectivity index (χ3v) is 4.82. The van der Waals surface area contributed by atoms with Gasteiger partial charge in [0.15, 0.2) is 5.76 Å². The lowest BCUT2D eigenvalue weighted by Crippen LogP contribution is -2.11. The SMILES string of the molecule is COc1ccc(NS(=O)(=O)c2ccc(-c3onc(C)c3C)o2)cc1. The highest BCUT2D eigenvalue weighted by Crippen LogP contribution is 2.29. The van der Waals surface area contributed by atoms with Crippen molar-refractivity contribution in [3.63, 3.8) is 0 Å². The summed E-state index contributed by atoms with van der Waals surface area (Å²) in [5.41, 5.74) is 1.93. The van der Waals surface area contributed by atoms with Gasteiger partial charge in [-0.05, 0) is 50.2 Å². The zero-order valence-corrected chi connectivity index (χ0v) is 14.2. The molecule has 0 unspecified atom stereocenters. The number of benzene rings is 1. The Hall–Kier alpha value is -2.74. The first-order valence-corrected chi connectivity index (χ1v) is 8.59. The summed E-state index contributed by atoms with van der Waals surface area (Å²) in [5, 5.41) is 3.63. The first-order valence-electron chi connectivity index (χ1n) is 7.10. The molecule has 1 N–H and O–H groups in total. The number of rotatable bonds is 5. The van der Waals surface area contributed by atoms with E-state index in [2.05, 4.69) is 9.88 Å². The van der Waals surface area contributed by atoms with Gasteiger partial charge in [-0.3, -0.25) is 4.72 Å². The monoisotopic (exact) mass is 348 g/mol. The summed E-state index contributed by atoms with van der Waals surface area (Å²) in [7, 11) is -2.31. The second-order valence-corrected chi connectivity index (χ2v) is 6.79. The van der Waals surface area contributed by atoms with Crippen molar-refractivity contribution >= 4 is 15.7 Å². The number of sulfonamides is 1. The number of nitrogens with zero attached hydrogens (tertiary/aromatic N) is 1. The van der Waals surface area contributed by atoms with Crippen LogP contribution < -0.4 is 9.46 Å². The molecule has 0 radical (unpaired) electrons. The lowest BCUT2D eigenvalue weighted by atomic mass is 10.2. The Morgan fingerprint density at radius 3 is 2.38 bits per heavy atom. The number of nitrogens with one attached hydrogen (secondary N) is 1. The number of methoxy groups -OCH3 is 1. The zero-order valence-electron chi connectivity index (χ0n) is 13.4. The minimum Gasteiger partial charge on any atom is -0.497 e. The average Bonchev–Trinajstić information content (AvgIpc) is 3.16. The molecule has 0 aliphatic rings. The number of aryl methyl sites for hydroxylation is 1. The fraction of sp³-hybridized carbons (Fsp3) is 0.188.